The molecule has 2 nitrogen and oxygen atoms in total. The van der Waals surface area contributed by atoms with Crippen LogP contribution in [0, 0.1) is 0 Å². The lowest BCUT2D eigenvalue weighted by molar-refractivity contribution is 0.236. The molecular formula is C5H7O2. The molecule has 0 aromatic heterocycles. The fourth-order valence-electron chi connectivity index (χ4n) is 0.124. The smallest absolute Gasteiger partial charge is 0.418 e. The molecule has 1 atom stereocenters. The van der Waals surface area contributed by atoms with Gasteiger partial charge in [-0.25, -0.2) is 4.79 Å². The van der Waals surface area contributed by atoms with Crippen LogP contribution in [0.4, 0.5) is 0 Å². The van der Waals surface area contributed by atoms with Crippen LogP contribution in [0.1, 0.15) is 6.92 Å². The molecule has 0 N–H and O–H groups in total. The Balaban J connectivity index is 3.15. The van der Waals surface area contributed by atoms with Crippen molar-refractivity contribution in [2.75, 3.05) is 0 Å². The van der Waals surface area contributed by atoms with Crippen LogP contribution in [0.25, 0.3) is 0 Å². The van der Waals surface area contributed by atoms with Gasteiger partial charge in [0.05, 0.1) is 0 Å². The SMILES string of the molecule is C=CC(C)O[C]=O. The van der Waals surface area contributed by atoms with Crippen LogP contribution in [0.15, 0.2) is 12.7 Å². The van der Waals surface area contributed by atoms with Gasteiger partial charge in [0.2, 0.25) is 0 Å². The van der Waals surface area contributed by atoms with Gasteiger partial charge in [-0.05, 0) is 6.92 Å². The van der Waals surface area contributed by atoms with Crippen molar-refractivity contribution in [1.29, 1.82) is 0 Å². The fourth-order valence-corrected chi connectivity index (χ4v) is 0.124. The summed E-state index contributed by atoms with van der Waals surface area (Å²) >= 11 is 0. The van der Waals surface area contributed by atoms with Crippen molar-refractivity contribution >= 4 is 6.47 Å². The molecule has 0 bridgehead atoms. The van der Waals surface area contributed by atoms with E-state index in [-0.39, 0.29) is 6.10 Å². The molecule has 0 rings (SSSR count). The van der Waals surface area contributed by atoms with E-state index in [4.69, 9.17) is 0 Å². The minimum atomic E-state index is -0.211. The topological polar surface area (TPSA) is 26.3 Å². The van der Waals surface area contributed by atoms with Crippen LogP contribution in [0.2, 0.25) is 0 Å². The second-order valence-corrected chi connectivity index (χ2v) is 1.14. The van der Waals surface area contributed by atoms with Crippen LogP contribution in [0.3, 0.4) is 0 Å². The molecule has 7 heavy (non-hydrogen) atoms. The molecule has 0 fully saturated rings. The van der Waals surface area contributed by atoms with Crippen LogP contribution >= 0.6 is 0 Å². The predicted octanol–water partition coefficient (Wildman–Crippen LogP) is 0.645. The van der Waals surface area contributed by atoms with Crippen LogP contribution < -0.4 is 0 Å². The normalized spacial score (nSPS) is 12.1. The molecule has 0 saturated heterocycles. The molecule has 1 radical (unpaired) electrons. The van der Waals surface area contributed by atoms with E-state index in [2.05, 4.69) is 11.3 Å². The molecule has 1 unspecified atom stereocenters. The van der Waals surface area contributed by atoms with E-state index in [9.17, 15) is 4.79 Å². The third kappa shape index (κ3) is 3.03. The molecule has 0 spiro atoms. The van der Waals surface area contributed by atoms with Crippen LogP contribution in [-0.4, -0.2) is 12.6 Å². The quantitative estimate of drug-likeness (QED) is 0.485. The zero-order valence-electron chi connectivity index (χ0n) is 4.18. The zero-order chi connectivity index (χ0) is 5.70. The molecule has 0 heterocycles. The minimum absolute atomic E-state index is 0.211. The molecular weight excluding hydrogens is 92.1 g/mol. The Morgan fingerprint density at radius 2 is 2.57 bits per heavy atom. The van der Waals surface area contributed by atoms with Crippen LogP contribution in [-0.2, 0) is 9.53 Å². The largest absolute Gasteiger partial charge is 0.450 e. The van der Waals surface area contributed by atoms with Crippen molar-refractivity contribution in [2.24, 2.45) is 0 Å². The van der Waals surface area contributed by atoms with Crippen molar-refractivity contribution in [2.45, 2.75) is 13.0 Å². The van der Waals surface area contributed by atoms with Crippen molar-refractivity contribution in [3.8, 4) is 0 Å². The number of rotatable bonds is 3. The lowest BCUT2D eigenvalue weighted by Gasteiger charge is -1.97. The minimum Gasteiger partial charge on any atom is -0.450 e. The van der Waals surface area contributed by atoms with Gasteiger partial charge in [0.25, 0.3) is 0 Å². The van der Waals surface area contributed by atoms with Crippen molar-refractivity contribution in [1.82, 2.24) is 0 Å². The van der Waals surface area contributed by atoms with E-state index < -0.39 is 0 Å². The summed E-state index contributed by atoms with van der Waals surface area (Å²) in [6.07, 6.45) is 1.31. The summed E-state index contributed by atoms with van der Waals surface area (Å²) in [5, 5.41) is 0. The molecule has 2 heteroatoms. The first-order valence-electron chi connectivity index (χ1n) is 1.96. The Morgan fingerprint density at radius 3 is 2.71 bits per heavy atom. The van der Waals surface area contributed by atoms with Crippen molar-refractivity contribution < 1.29 is 9.53 Å². The van der Waals surface area contributed by atoms with Crippen LogP contribution in [0.5, 0.6) is 0 Å². The van der Waals surface area contributed by atoms with Gasteiger partial charge in [-0.1, -0.05) is 12.7 Å². The maximum absolute atomic E-state index is 9.38. The van der Waals surface area contributed by atoms with E-state index in [0.717, 1.165) is 0 Å². The van der Waals surface area contributed by atoms with Gasteiger partial charge in [0.1, 0.15) is 6.10 Å². The summed E-state index contributed by atoms with van der Waals surface area (Å²) in [7, 11) is 0. The Morgan fingerprint density at radius 1 is 2.00 bits per heavy atom. The molecule has 39 valence electrons. The maximum Gasteiger partial charge on any atom is 0.418 e. The third-order valence-corrected chi connectivity index (χ3v) is 0.566. The molecule has 0 aliphatic carbocycles. The van der Waals surface area contributed by atoms with Gasteiger partial charge in [-0.2, -0.15) is 0 Å². The van der Waals surface area contributed by atoms with Gasteiger partial charge < -0.3 is 4.74 Å². The Hall–Kier alpha value is -0.790. The first-order chi connectivity index (χ1) is 3.31. The Kier molecular flexibility index (Phi) is 3.02. The average molecular weight is 99.1 g/mol. The molecule has 0 amide bonds. The van der Waals surface area contributed by atoms with Gasteiger partial charge in [-0.15, -0.1) is 0 Å². The Labute approximate surface area is 42.8 Å². The van der Waals surface area contributed by atoms with Gasteiger partial charge in [-0.3, -0.25) is 0 Å². The number of carbonyl (C=O) groups excluding carboxylic acids is 1. The zero-order valence-corrected chi connectivity index (χ0v) is 4.18. The standard InChI is InChI=1S/C5H7O2/c1-3-5(2)7-4-6/h3,5H,1H2,2H3. The first-order valence-corrected chi connectivity index (χ1v) is 1.96. The molecule has 0 aromatic rings. The van der Waals surface area contributed by atoms with Crippen molar-refractivity contribution in [3.05, 3.63) is 12.7 Å². The lowest BCUT2D eigenvalue weighted by atomic mass is 10.4. The second kappa shape index (κ2) is 3.40. The summed E-state index contributed by atoms with van der Waals surface area (Å²) in [5.74, 6) is 0. The molecule has 0 aliphatic heterocycles. The highest BCUT2D eigenvalue weighted by molar-refractivity contribution is 5.38. The van der Waals surface area contributed by atoms with E-state index in [1.807, 2.05) is 0 Å². The summed E-state index contributed by atoms with van der Waals surface area (Å²) in [4.78, 5) is 9.38. The molecule has 0 aromatic carbocycles. The molecule has 0 saturated carbocycles. The predicted molar refractivity (Wildman–Crippen MR) is 26.4 cm³/mol. The maximum atomic E-state index is 9.38. The second-order valence-electron chi connectivity index (χ2n) is 1.14. The average Bonchev–Trinajstić information content (AvgIpc) is 1.68. The summed E-state index contributed by atoms with van der Waals surface area (Å²) in [6.45, 7) is 6.38. The monoisotopic (exact) mass is 99.0 g/mol. The molecule has 0 aliphatic rings. The summed E-state index contributed by atoms with van der Waals surface area (Å²) < 4.78 is 4.27. The number of hydrogen-bond donors (Lipinski definition) is 0. The van der Waals surface area contributed by atoms with Crippen molar-refractivity contribution in [3.63, 3.8) is 0 Å². The highest BCUT2D eigenvalue weighted by Gasteiger charge is 1.89. The van der Waals surface area contributed by atoms with E-state index in [1.54, 1.807) is 6.92 Å². The van der Waals surface area contributed by atoms with E-state index >= 15 is 0 Å². The van der Waals surface area contributed by atoms with E-state index in [1.165, 1.54) is 12.5 Å². The highest BCUT2D eigenvalue weighted by atomic mass is 16.5. The summed E-state index contributed by atoms with van der Waals surface area (Å²) in [5.41, 5.74) is 0. The van der Waals surface area contributed by atoms with E-state index in [0.29, 0.717) is 0 Å². The summed E-state index contributed by atoms with van der Waals surface area (Å²) in [6, 6.07) is 0. The Bertz CT molecular complexity index is 68.5. The van der Waals surface area contributed by atoms with Gasteiger partial charge in [0.15, 0.2) is 0 Å². The number of ether oxygens (including phenoxy) is 1. The van der Waals surface area contributed by atoms with Gasteiger partial charge in [0, 0.05) is 0 Å². The fraction of sp³-hybridized carbons (Fsp3) is 0.400. The highest BCUT2D eigenvalue weighted by Crippen LogP contribution is 1.84. The lowest BCUT2D eigenvalue weighted by Crippen LogP contribution is -2.00. The van der Waals surface area contributed by atoms with Gasteiger partial charge >= 0.3 is 6.47 Å². The first kappa shape index (κ1) is 6.21. The number of hydrogen-bond acceptors (Lipinski definition) is 2. The third-order valence-electron chi connectivity index (χ3n) is 0.566.